The quantitative estimate of drug-likeness (QED) is 0.775. The van der Waals surface area contributed by atoms with Crippen LogP contribution in [0, 0.1) is 0 Å². The molecular weight excluding hydrogens is 208 g/mol. The van der Waals surface area contributed by atoms with E-state index >= 15 is 0 Å². The average molecular weight is 224 g/mol. The number of nitrogens with zero attached hydrogens (tertiary/aromatic N) is 2. The van der Waals surface area contributed by atoms with Gasteiger partial charge in [-0.1, -0.05) is 54.6 Å². The van der Waals surface area contributed by atoms with Crippen LogP contribution in [0.2, 0.25) is 0 Å². The van der Waals surface area contributed by atoms with Crippen LogP contribution in [0.5, 0.6) is 0 Å². The molecule has 86 valence electrons. The maximum absolute atomic E-state index is 4.28. The van der Waals surface area contributed by atoms with E-state index in [0.29, 0.717) is 0 Å². The minimum absolute atomic E-state index is 0.798. The Balaban J connectivity index is 1.95. The summed E-state index contributed by atoms with van der Waals surface area (Å²) in [6, 6.07) is 10.3. The highest BCUT2D eigenvalue weighted by atomic mass is 15.3. The molecule has 1 aromatic heterocycles. The molecule has 0 aliphatic carbocycles. The van der Waals surface area contributed by atoms with Crippen molar-refractivity contribution < 1.29 is 0 Å². The lowest BCUT2D eigenvalue weighted by atomic mass is 10.2. The van der Waals surface area contributed by atoms with Crippen molar-refractivity contribution in [1.29, 1.82) is 0 Å². The topological polar surface area (TPSA) is 17.8 Å². The fraction of sp³-hybridized carbons (Fsp3) is 0.133. The zero-order valence-electron chi connectivity index (χ0n) is 9.95. The summed E-state index contributed by atoms with van der Waals surface area (Å²) in [5, 5.41) is 4.28. The Morgan fingerprint density at radius 3 is 2.71 bits per heavy atom. The van der Waals surface area contributed by atoms with Crippen LogP contribution in [-0.4, -0.2) is 9.78 Å². The lowest BCUT2D eigenvalue weighted by Crippen LogP contribution is -1.94. The van der Waals surface area contributed by atoms with Crippen LogP contribution in [0.1, 0.15) is 18.1 Å². The van der Waals surface area contributed by atoms with E-state index in [9.17, 15) is 0 Å². The average Bonchev–Trinajstić information content (AvgIpc) is 2.79. The summed E-state index contributed by atoms with van der Waals surface area (Å²) in [5.74, 6) is 0. The van der Waals surface area contributed by atoms with E-state index < -0.39 is 0 Å². The molecule has 0 spiro atoms. The molecule has 2 nitrogen and oxygen atoms in total. The van der Waals surface area contributed by atoms with Gasteiger partial charge in [-0.05, 0) is 12.5 Å². The van der Waals surface area contributed by atoms with Crippen molar-refractivity contribution in [3.05, 3.63) is 66.0 Å². The van der Waals surface area contributed by atoms with Gasteiger partial charge < -0.3 is 0 Å². The van der Waals surface area contributed by atoms with Gasteiger partial charge in [0.1, 0.15) is 0 Å². The molecule has 17 heavy (non-hydrogen) atoms. The smallest absolute Gasteiger partial charge is 0.0593 e. The number of hydrogen-bond donors (Lipinski definition) is 0. The van der Waals surface area contributed by atoms with Gasteiger partial charge in [0, 0.05) is 11.8 Å². The second-order valence-electron chi connectivity index (χ2n) is 3.81. The van der Waals surface area contributed by atoms with E-state index in [1.54, 1.807) is 0 Å². The molecule has 0 N–H and O–H groups in total. The second-order valence-corrected chi connectivity index (χ2v) is 3.81. The molecule has 0 saturated carbocycles. The lowest BCUT2D eigenvalue weighted by molar-refractivity contribution is 0.703. The molecule has 0 radical (unpaired) electrons. The highest BCUT2D eigenvalue weighted by Crippen LogP contribution is 2.03. The van der Waals surface area contributed by atoms with E-state index in [-0.39, 0.29) is 0 Å². The molecule has 0 bridgehead atoms. The van der Waals surface area contributed by atoms with Crippen LogP contribution in [0.3, 0.4) is 0 Å². The Morgan fingerprint density at radius 1 is 1.12 bits per heavy atom. The minimum Gasteiger partial charge on any atom is -0.268 e. The van der Waals surface area contributed by atoms with E-state index in [1.807, 2.05) is 54.4 Å². The highest BCUT2D eigenvalue weighted by Gasteiger charge is 1.92. The monoisotopic (exact) mass is 224 g/mol. The first-order valence-corrected chi connectivity index (χ1v) is 5.75. The summed E-state index contributed by atoms with van der Waals surface area (Å²) < 4.78 is 1.93. The molecule has 2 rings (SSSR count). The molecule has 2 heteroatoms. The maximum Gasteiger partial charge on any atom is 0.0593 e. The van der Waals surface area contributed by atoms with E-state index in [4.69, 9.17) is 0 Å². The molecule has 0 aliphatic rings. The number of allylic oxidation sites excluding steroid dienone is 2. The van der Waals surface area contributed by atoms with Crippen molar-refractivity contribution in [2.24, 2.45) is 0 Å². The van der Waals surface area contributed by atoms with Crippen molar-refractivity contribution in [3.63, 3.8) is 0 Å². The van der Waals surface area contributed by atoms with Crippen LogP contribution in [-0.2, 0) is 6.54 Å². The summed E-state index contributed by atoms with van der Waals surface area (Å²) in [5.41, 5.74) is 2.36. The Morgan fingerprint density at radius 2 is 1.94 bits per heavy atom. The van der Waals surface area contributed by atoms with Gasteiger partial charge in [0.2, 0.25) is 0 Å². The third-order valence-electron chi connectivity index (χ3n) is 2.41. The third kappa shape index (κ3) is 3.45. The largest absolute Gasteiger partial charge is 0.268 e. The summed E-state index contributed by atoms with van der Waals surface area (Å²) in [6.07, 6.45) is 12.2. The predicted molar refractivity (Wildman–Crippen MR) is 72.4 cm³/mol. The summed E-state index contributed by atoms with van der Waals surface area (Å²) >= 11 is 0. The van der Waals surface area contributed by atoms with Gasteiger partial charge in [-0.3, -0.25) is 4.68 Å². The van der Waals surface area contributed by atoms with E-state index in [0.717, 1.165) is 12.1 Å². The molecule has 2 aromatic rings. The lowest BCUT2D eigenvalue weighted by Gasteiger charge is -1.94. The minimum atomic E-state index is 0.798. The summed E-state index contributed by atoms with van der Waals surface area (Å²) in [4.78, 5) is 0. The van der Waals surface area contributed by atoms with Gasteiger partial charge in [0.25, 0.3) is 0 Å². The van der Waals surface area contributed by atoms with Gasteiger partial charge >= 0.3 is 0 Å². The Kier molecular flexibility index (Phi) is 3.92. The molecule has 0 fully saturated rings. The van der Waals surface area contributed by atoms with Gasteiger partial charge in [-0.2, -0.15) is 5.10 Å². The molecule has 0 amide bonds. The van der Waals surface area contributed by atoms with Crippen molar-refractivity contribution in [2.75, 3.05) is 0 Å². The van der Waals surface area contributed by atoms with Crippen molar-refractivity contribution in [1.82, 2.24) is 9.78 Å². The molecule has 0 atom stereocenters. The Labute approximate surface area is 102 Å². The fourth-order valence-corrected chi connectivity index (χ4v) is 1.62. The standard InChI is InChI=1S/C15H16N2/c1-2-7-15-12-16-17(13-15)11-6-10-14-8-4-3-5-9-14/h2-10,12-13H,11H2,1H3/b7-2+,10-6+. The normalized spacial score (nSPS) is 11.6. The predicted octanol–water partition coefficient (Wildman–Crippen LogP) is 3.63. The van der Waals surface area contributed by atoms with Crippen molar-refractivity contribution >= 4 is 12.2 Å². The van der Waals surface area contributed by atoms with Gasteiger partial charge in [-0.25, -0.2) is 0 Å². The van der Waals surface area contributed by atoms with Gasteiger partial charge in [0.15, 0.2) is 0 Å². The molecule has 0 saturated heterocycles. The van der Waals surface area contributed by atoms with Crippen molar-refractivity contribution in [3.8, 4) is 0 Å². The van der Waals surface area contributed by atoms with Gasteiger partial charge in [-0.15, -0.1) is 0 Å². The van der Waals surface area contributed by atoms with Crippen LogP contribution >= 0.6 is 0 Å². The summed E-state index contributed by atoms with van der Waals surface area (Å²) in [7, 11) is 0. The molecular formula is C15H16N2. The van der Waals surface area contributed by atoms with Crippen LogP contribution in [0.25, 0.3) is 12.2 Å². The Hall–Kier alpha value is -2.09. The van der Waals surface area contributed by atoms with E-state index in [1.165, 1.54) is 5.56 Å². The zero-order chi connectivity index (χ0) is 11.9. The fourth-order valence-electron chi connectivity index (χ4n) is 1.62. The maximum atomic E-state index is 4.28. The van der Waals surface area contributed by atoms with Crippen LogP contribution in [0.4, 0.5) is 0 Å². The number of aromatic nitrogens is 2. The third-order valence-corrected chi connectivity index (χ3v) is 2.41. The first kappa shape index (κ1) is 11.4. The first-order valence-electron chi connectivity index (χ1n) is 5.75. The highest BCUT2D eigenvalue weighted by molar-refractivity contribution is 5.49. The molecule has 1 heterocycles. The summed E-state index contributed by atoms with van der Waals surface area (Å²) in [6.45, 7) is 2.80. The molecule has 0 unspecified atom stereocenters. The molecule has 0 aliphatic heterocycles. The number of benzene rings is 1. The zero-order valence-corrected chi connectivity index (χ0v) is 9.95. The SMILES string of the molecule is C/C=C/c1cnn(C/C=C/c2ccccc2)c1. The molecule has 1 aromatic carbocycles. The van der Waals surface area contributed by atoms with E-state index in [2.05, 4.69) is 29.4 Å². The number of hydrogen-bond acceptors (Lipinski definition) is 1. The van der Waals surface area contributed by atoms with Gasteiger partial charge in [0.05, 0.1) is 12.7 Å². The Bertz CT molecular complexity index is 507. The van der Waals surface area contributed by atoms with Crippen LogP contribution < -0.4 is 0 Å². The van der Waals surface area contributed by atoms with Crippen molar-refractivity contribution in [2.45, 2.75) is 13.5 Å². The number of rotatable bonds is 4. The second kappa shape index (κ2) is 5.85. The van der Waals surface area contributed by atoms with Crippen LogP contribution in [0.15, 0.2) is 54.9 Å². The first-order chi connectivity index (χ1) is 8.38.